The van der Waals surface area contributed by atoms with E-state index in [9.17, 15) is 4.79 Å². The second kappa shape index (κ2) is 5.32. The molecule has 0 bridgehead atoms. The maximum Gasteiger partial charge on any atom is 0.231 e. The topological polar surface area (TPSA) is 49.6 Å². The zero-order chi connectivity index (χ0) is 10.6. The number of likely N-dealkylation sites (N-methyl/N-ethyl adjacent to an activating group) is 1. The second-order valence-corrected chi connectivity index (χ2v) is 4.43. The van der Waals surface area contributed by atoms with Gasteiger partial charge in [-0.25, -0.2) is 0 Å². The van der Waals surface area contributed by atoms with Crippen molar-refractivity contribution >= 4 is 5.91 Å². The Labute approximate surface area is 86.0 Å². The van der Waals surface area contributed by atoms with Crippen molar-refractivity contribution in [3.8, 4) is 0 Å². The predicted octanol–water partition coefficient (Wildman–Crippen LogP) is -0.255. The Hall–Kier alpha value is -0.610. The highest BCUT2D eigenvalue weighted by molar-refractivity contribution is 5.75. The van der Waals surface area contributed by atoms with Gasteiger partial charge in [-0.2, -0.15) is 0 Å². The van der Waals surface area contributed by atoms with Gasteiger partial charge >= 0.3 is 0 Å². The van der Waals surface area contributed by atoms with E-state index >= 15 is 0 Å². The second-order valence-electron chi connectivity index (χ2n) is 4.43. The summed E-state index contributed by atoms with van der Waals surface area (Å²) >= 11 is 0. The number of piperidine rings is 1. The van der Waals surface area contributed by atoms with Gasteiger partial charge in [-0.1, -0.05) is 0 Å². The van der Waals surface area contributed by atoms with Crippen molar-refractivity contribution in [1.82, 2.24) is 9.80 Å². The molecule has 82 valence electrons. The molecule has 1 aliphatic rings. The summed E-state index contributed by atoms with van der Waals surface area (Å²) in [6.45, 7) is 3.70. The molecule has 0 saturated carbocycles. The normalized spacial score (nSPS) is 24.1. The van der Waals surface area contributed by atoms with Gasteiger partial charge in [-0.05, 0) is 39.4 Å². The molecule has 0 aromatic carbocycles. The zero-order valence-corrected chi connectivity index (χ0v) is 9.20. The molecule has 2 N–H and O–H groups in total. The minimum absolute atomic E-state index is 0.239. The van der Waals surface area contributed by atoms with E-state index < -0.39 is 0 Å². The van der Waals surface area contributed by atoms with Crippen LogP contribution in [0.5, 0.6) is 0 Å². The Kier molecular flexibility index (Phi) is 4.35. The Morgan fingerprint density at radius 2 is 2.36 bits per heavy atom. The Morgan fingerprint density at radius 1 is 1.64 bits per heavy atom. The van der Waals surface area contributed by atoms with Crippen molar-refractivity contribution in [2.45, 2.75) is 12.8 Å². The molecule has 1 saturated heterocycles. The van der Waals surface area contributed by atoms with Gasteiger partial charge in [-0.15, -0.1) is 0 Å². The van der Waals surface area contributed by atoms with E-state index in [-0.39, 0.29) is 5.91 Å². The van der Waals surface area contributed by atoms with Gasteiger partial charge in [0.05, 0.1) is 6.54 Å². The standard InChI is InChI=1S/C10H21N3O/c1-12-5-3-4-9(6-12)7-13(2)8-10(11)14/h9H,3-8H2,1-2H3,(H2,11,14). The average molecular weight is 199 g/mol. The van der Waals surface area contributed by atoms with Gasteiger partial charge in [0.25, 0.3) is 0 Å². The van der Waals surface area contributed by atoms with Crippen LogP contribution in [0.4, 0.5) is 0 Å². The van der Waals surface area contributed by atoms with Crippen molar-refractivity contribution in [3.63, 3.8) is 0 Å². The van der Waals surface area contributed by atoms with Crippen LogP contribution in [-0.4, -0.2) is 56.0 Å². The molecule has 1 aliphatic heterocycles. The number of carbonyl (C=O) groups is 1. The number of primary amides is 1. The smallest absolute Gasteiger partial charge is 0.231 e. The van der Waals surface area contributed by atoms with Gasteiger partial charge in [0.1, 0.15) is 0 Å². The Balaban J connectivity index is 2.25. The summed E-state index contributed by atoms with van der Waals surface area (Å²) in [5.74, 6) is 0.453. The summed E-state index contributed by atoms with van der Waals surface area (Å²) < 4.78 is 0. The summed E-state index contributed by atoms with van der Waals surface area (Å²) in [7, 11) is 4.11. The molecule has 0 aliphatic carbocycles. The number of hydrogen-bond donors (Lipinski definition) is 1. The number of likely N-dealkylation sites (tertiary alicyclic amines) is 1. The molecule has 4 heteroatoms. The summed E-state index contributed by atoms with van der Waals surface area (Å²) in [5.41, 5.74) is 5.13. The molecule has 1 fully saturated rings. The third-order valence-corrected chi connectivity index (χ3v) is 2.72. The third kappa shape index (κ3) is 4.07. The number of amides is 1. The summed E-state index contributed by atoms with van der Waals surface area (Å²) in [6, 6.07) is 0. The zero-order valence-electron chi connectivity index (χ0n) is 9.20. The summed E-state index contributed by atoms with van der Waals surface area (Å²) in [6.07, 6.45) is 2.54. The highest BCUT2D eigenvalue weighted by atomic mass is 16.1. The number of hydrogen-bond acceptors (Lipinski definition) is 3. The van der Waals surface area contributed by atoms with Crippen molar-refractivity contribution in [1.29, 1.82) is 0 Å². The van der Waals surface area contributed by atoms with E-state index in [0.717, 1.165) is 13.1 Å². The first kappa shape index (κ1) is 11.5. The lowest BCUT2D eigenvalue weighted by Gasteiger charge is -2.32. The first-order valence-electron chi connectivity index (χ1n) is 5.23. The molecule has 1 rings (SSSR count). The molecule has 4 nitrogen and oxygen atoms in total. The molecule has 0 radical (unpaired) electrons. The largest absolute Gasteiger partial charge is 0.369 e. The van der Waals surface area contributed by atoms with E-state index in [1.165, 1.54) is 19.4 Å². The first-order chi connectivity index (χ1) is 6.58. The van der Waals surface area contributed by atoms with Crippen LogP contribution < -0.4 is 5.73 Å². The SMILES string of the molecule is CN1CCCC(CN(C)CC(N)=O)C1. The molecule has 0 spiro atoms. The van der Waals surface area contributed by atoms with Crippen LogP contribution in [0.25, 0.3) is 0 Å². The quantitative estimate of drug-likeness (QED) is 0.679. The van der Waals surface area contributed by atoms with Gasteiger partial charge in [0.2, 0.25) is 5.91 Å². The summed E-state index contributed by atoms with van der Waals surface area (Å²) in [4.78, 5) is 15.1. The monoisotopic (exact) mass is 199 g/mol. The molecule has 1 amide bonds. The van der Waals surface area contributed by atoms with Crippen molar-refractivity contribution in [2.75, 3.05) is 40.3 Å². The predicted molar refractivity (Wildman–Crippen MR) is 56.9 cm³/mol. The maximum absolute atomic E-state index is 10.7. The van der Waals surface area contributed by atoms with Crippen LogP contribution in [0.3, 0.4) is 0 Å². The van der Waals surface area contributed by atoms with Gasteiger partial charge < -0.3 is 10.6 Å². The maximum atomic E-state index is 10.7. The molecule has 1 heterocycles. The van der Waals surface area contributed by atoms with Crippen LogP contribution in [-0.2, 0) is 4.79 Å². The highest BCUT2D eigenvalue weighted by Gasteiger charge is 2.18. The van der Waals surface area contributed by atoms with Crippen LogP contribution >= 0.6 is 0 Å². The van der Waals surface area contributed by atoms with E-state index in [0.29, 0.717) is 12.5 Å². The Bertz CT molecular complexity index is 196. The fourth-order valence-corrected chi connectivity index (χ4v) is 2.19. The van der Waals surface area contributed by atoms with Crippen LogP contribution in [0, 0.1) is 5.92 Å². The highest BCUT2D eigenvalue weighted by Crippen LogP contribution is 2.15. The summed E-state index contributed by atoms with van der Waals surface area (Å²) in [5, 5.41) is 0. The fraction of sp³-hybridized carbons (Fsp3) is 0.900. The molecule has 0 aromatic heterocycles. The minimum Gasteiger partial charge on any atom is -0.369 e. The van der Waals surface area contributed by atoms with Gasteiger partial charge in [-0.3, -0.25) is 9.69 Å². The lowest BCUT2D eigenvalue weighted by molar-refractivity contribution is -0.119. The van der Waals surface area contributed by atoms with E-state index in [1.807, 2.05) is 11.9 Å². The number of nitrogens with zero attached hydrogens (tertiary/aromatic N) is 2. The van der Waals surface area contributed by atoms with Crippen LogP contribution in [0.2, 0.25) is 0 Å². The first-order valence-corrected chi connectivity index (χ1v) is 5.23. The lowest BCUT2D eigenvalue weighted by atomic mass is 9.98. The molecule has 1 unspecified atom stereocenters. The van der Waals surface area contributed by atoms with E-state index in [2.05, 4.69) is 11.9 Å². The van der Waals surface area contributed by atoms with Crippen LogP contribution in [0.15, 0.2) is 0 Å². The minimum atomic E-state index is -0.239. The lowest BCUT2D eigenvalue weighted by Crippen LogP contribution is -2.40. The Morgan fingerprint density at radius 3 is 2.93 bits per heavy atom. The molecule has 0 aromatic rings. The molecule has 1 atom stereocenters. The molecular formula is C10H21N3O. The van der Waals surface area contributed by atoms with E-state index in [4.69, 9.17) is 5.73 Å². The van der Waals surface area contributed by atoms with Crippen LogP contribution in [0.1, 0.15) is 12.8 Å². The average Bonchev–Trinajstić information content (AvgIpc) is 2.01. The fourth-order valence-electron chi connectivity index (χ4n) is 2.19. The third-order valence-electron chi connectivity index (χ3n) is 2.72. The van der Waals surface area contributed by atoms with Crippen molar-refractivity contribution < 1.29 is 4.79 Å². The van der Waals surface area contributed by atoms with Crippen molar-refractivity contribution in [3.05, 3.63) is 0 Å². The number of nitrogens with two attached hydrogens (primary N) is 1. The van der Waals surface area contributed by atoms with Gasteiger partial charge in [0.15, 0.2) is 0 Å². The van der Waals surface area contributed by atoms with Crippen molar-refractivity contribution in [2.24, 2.45) is 11.7 Å². The van der Waals surface area contributed by atoms with Gasteiger partial charge in [0, 0.05) is 13.1 Å². The molecular weight excluding hydrogens is 178 g/mol. The molecule has 14 heavy (non-hydrogen) atoms. The van der Waals surface area contributed by atoms with E-state index in [1.54, 1.807) is 0 Å². The number of rotatable bonds is 4. The number of carbonyl (C=O) groups excluding carboxylic acids is 1.